The number of nitrogens with zero attached hydrogens (tertiary/aromatic N) is 1. The van der Waals surface area contributed by atoms with Crippen LogP contribution in [0.25, 0.3) is 0 Å². The standard InChI is InChI=1S/C21H22F3N3O2/c1-27-8-6-14(7-9-27)20(28)25-12-13-2-4-16-18(10-13)29-19-11-15(21(22,23)24)3-5-17(19)26-16/h2-5,10-11,14,26H,6-9,12H2,1H3,(H,25,28). The molecule has 154 valence electrons. The third-order valence-corrected chi connectivity index (χ3v) is 5.40. The smallest absolute Gasteiger partial charge is 0.416 e. The number of likely N-dealkylation sites (tertiary alicyclic amines) is 1. The maximum atomic E-state index is 13.0. The molecule has 0 bridgehead atoms. The Morgan fingerprint density at radius 1 is 1.14 bits per heavy atom. The van der Waals surface area contributed by atoms with Crippen LogP contribution >= 0.6 is 0 Å². The third-order valence-electron chi connectivity index (χ3n) is 5.40. The van der Waals surface area contributed by atoms with Crippen LogP contribution in [0.15, 0.2) is 36.4 Å². The maximum Gasteiger partial charge on any atom is 0.416 e. The largest absolute Gasteiger partial charge is 0.453 e. The van der Waals surface area contributed by atoms with E-state index in [0.29, 0.717) is 23.7 Å². The monoisotopic (exact) mass is 405 g/mol. The zero-order valence-electron chi connectivity index (χ0n) is 16.0. The van der Waals surface area contributed by atoms with Gasteiger partial charge in [-0.2, -0.15) is 13.2 Å². The zero-order chi connectivity index (χ0) is 20.6. The number of rotatable bonds is 3. The van der Waals surface area contributed by atoms with Crippen LogP contribution in [-0.4, -0.2) is 30.9 Å². The van der Waals surface area contributed by atoms with E-state index in [1.807, 2.05) is 13.1 Å². The molecule has 2 aromatic carbocycles. The minimum atomic E-state index is -4.43. The fraction of sp³-hybridized carbons (Fsp3) is 0.381. The lowest BCUT2D eigenvalue weighted by atomic mass is 9.96. The van der Waals surface area contributed by atoms with Crippen molar-refractivity contribution >= 4 is 17.3 Å². The van der Waals surface area contributed by atoms with E-state index in [9.17, 15) is 18.0 Å². The fourth-order valence-electron chi connectivity index (χ4n) is 3.62. The summed E-state index contributed by atoms with van der Waals surface area (Å²) in [5.41, 5.74) is 1.21. The van der Waals surface area contributed by atoms with E-state index in [1.165, 1.54) is 6.07 Å². The number of carbonyl (C=O) groups is 1. The van der Waals surface area contributed by atoms with Crippen LogP contribution in [0.2, 0.25) is 0 Å². The van der Waals surface area contributed by atoms with Gasteiger partial charge in [-0.05, 0) is 68.9 Å². The van der Waals surface area contributed by atoms with Crippen molar-refractivity contribution in [2.75, 3.05) is 25.5 Å². The number of halogens is 3. The number of alkyl halides is 3. The Morgan fingerprint density at radius 2 is 1.79 bits per heavy atom. The van der Waals surface area contributed by atoms with Crippen molar-refractivity contribution in [1.82, 2.24) is 10.2 Å². The summed E-state index contributed by atoms with van der Waals surface area (Å²) >= 11 is 0. The molecule has 5 nitrogen and oxygen atoms in total. The molecule has 8 heteroatoms. The van der Waals surface area contributed by atoms with Crippen LogP contribution < -0.4 is 15.4 Å². The Morgan fingerprint density at radius 3 is 2.48 bits per heavy atom. The molecule has 2 aliphatic rings. The van der Waals surface area contributed by atoms with Crippen molar-refractivity contribution in [2.24, 2.45) is 5.92 Å². The van der Waals surface area contributed by atoms with Gasteiger partial charge in [0.1, 0.15) is 0 Å². The van der Waals surface area contributed by atoms with E-state index in [1.54, 1.807) is 12.1 Å². The van der Waals surface area contributed by atoms with E-state index < -0.39 is 11.7 Å². The molecule has 0 radical (unpaired) electrons. The molecule has 0 saturated carbocycles. The van der Waals surface area contributed by atoms with E-state index >= 15 is 0 Å². The molecule has 2 aliphatic heterocycles. The number of anilines is 2. The first kappa shape index (κ1) is 19.6. The van der Waals surface area contributed by atoms with Crippen LogP contribution in [0.4, 0.5) is 24.5 Å². The molecule has 0 spiro atoms. The quantitative estimate of drug-likeness (QED) is 0.673. The van der Waals surface area contributed by atoms with Crippen molar-refractivity contribution in [3.8, 4) is 11.5 Å². The van der Waals surface area contributed by atoms with Crippen LogP contribution in [0.5, 0.6) is 11.5 Å². The van der Waals surface area contributed by atoms with Gasteiger partial charge in [0.2, 0.25) is 5.91 Å². The second-order valence-electron chi connectivity index (χ2n) is 7.56. The predicted octanol–water partition coefficient (Wildman–Crippen LogP) is 4.51. The van der Waals surface area contributed by atoms with Crippen molar-refractivity contribution < 1.29 is 22.7 Å². The lowest BCUT2D eigenvalue weighted by Gasteiger charge is -2.28. The Kier molecular flexibility index (Phi) is 5.12. The van der Waals surface area contributed by atoms with Gasteiger partial charge in [0.15, 0.2) is 11.5 Å². The Balaban J connectivity index is 1.43. The number of ether oxygens (including phenoxy) is 1. The molecule has 0 aliphatic carbocycles. The summed E-state index contributed by atoms with van der Waals surface area (Å²) in [7, 11) is 2.05. The third kappa shape index (κ3) is 4.32. The predicted molar refractivity (Wildman–Crippen MR) is 103 cm³/mol. The summed E-state index contributed by atoms with van der Waals surface area (Å²) in [5, 5.41) is 6.04. The molecule has 2 N–H and O–H groups in total. The number of fused-ring (bicyclic) bond motifs is 2. The molecule has 1 amide bonds. The highest BCUT2D eigenvalue weighted by atomic mass is 19.4. The van der Waals surface area contributed by atoms with Gasteiger partial charge in [-0.15, -0.1) is 0 Å². The SMILES string of the molecule is CN1CCC(C(=O)NCc2ccc3c(c2)Oc2cc(C(F)(F)F)ccc2N3)CC1. The molecule has 0 unspecified atom stereocenters. The Bertz CT molecular complexity index is 922. The zero-order valence-corrected chi connectivity index (χ0v) is 16.0. The average molecular weight is 405 g/mol. The normalized spacial score (nSPS) is 17.0. The number of carbonyl (C=O) groups excluding carboxylic acids is 1. The van der Waals surface area contributed by atoms with Crippen molar-refractivity contribution in [1.29, 1.82) is 0 Å². The second kappa shape index (κ2) is 7.59. The molecule has 1 fully saturated rings. The molecule has 4 rings (SSSR count). The summed E-state index contributed by atoms with van der Waals surface area (Å²) in [4.78, 5) is 14.6. The first-order valence-electron chi connectivity index (χ1n) is 9.55. The minimum Gasteiger partial charge on any atom is -0.453 e. The molecule has 2 heterocycles. The number of amides is 1. The highest BCUT2D eigenvalue weighted by Gasteiger charge is 2.32. The molecule has 1 saturated heterocycles. The van der Waals surface area contributed by atoms with E-state index in [2.05, 4.69) is 15.5 Å². The molecule has 0 aromatic heterocycles. The number of hydrogen-bond donors (Lipinski definition) is 2. The molecule has 29 heavy (non-hydrogen) atoms. The number of benzene rings is 2. The first-order chi connectivity index (χ1) is 13.8. The average Bonchev–Trinajstić information content (AvgIpc) is 2.69. The summed E-state index contributed by atoms with van der Waals surface area (Å²) in [5.74, 6) is 0.618. The van der Waals surface area contributed by atoms with Crippen LogP contribution in [-0.2, 0) is 17.5 Å². The topological polar surface area (TPSA) is 53.6 Å². The van der Waals surface area contributed by atoms with Gasteiger partial charge < -0.3 is 20.3 Å². The van der Waals surface area contributed by atoms with E-state index in [0.717, 1.165) is 43.6 Å². The van der Waals surface area contributed by atoms with E-state index in [4.69, 9.17) is 4.74 Å². The van der Waals surface area contributed by atoms with Crippen LogP contribution in [0, 0.1) is 5.92 Å². The number of nitrogens with one attached hydrogen (secondary N) is 2. The maximum absolute atomic E-state index is 13.0. The first-order valence-corrected chi connectivity index (χ1v) is 9.55. The minimum absolute atomic E-state index is 0.0226. The van der Waals surface area contributed by atoms with Crippen molar-refractivity contribution in [3.63, 3.8) is 0 Å². The lowest BCUT2D eigenvalue weighted by molar-refractivity contribution is -0.137. The van der Waals surface area contributed by atoms with Gasteiger partial charge in [-0.1, -0.05) is 6.07 Å². The summed E-state index contributed by atoms with van der Waals surface area (Å²) in [6.07, 6.45) is -2.74. The summed E-state index contributed by atoms with van der Waals surface area (Å²) in [6, 6.07) is 8.76. The van der Waals surface area contributed by atoms with Gasteiger partial charge in [0.05, 0.1) is 16.9 Å². The van der Waals surface area contributed by atoms with E-state index in [-0.39, 0.29) is 17.6 Å². The Labute approximate surface area is 166 Å². The van der Waals surface area contributed by atoms with Crippen molar-refractivity contribution in [3.05, 3.63) is 47.5 Å². The van der Waals surface area contributed by atoms with Crippen LogP contribution in [0.1, 0.15) is 24.0 Å². The molecular weight excluding hydrogens is 383 g/mol. The molecule has 0 atom stereocenters. The van der Waals surface area contributed by atoms with Gasteiger partial charge in [-0.25, -0.2) is 0 Å². The van der Waals surface area contributed by atoms with Gasteiger partial charge in [-0.3, -0.25) is 4.79 Å². The van der Waals surface area contributed by atoms with Gasteiger partial charge in [0, 0.05) is 12.5 Å². The van der Waals surface area contributed by atoms with Gasteiger partial charge in [0.25, 0.3) is 0 Å². The second-order valence-corrected chi connectivity index (χ2v) is 7.56. The fourth-order valence-corrected chi connectivity index (χ4v) is 3.62. The summed E-state index contributed by atoms with van der Waals surface area (Å²) in [6.45, 7) is 2.17. The lowest BCUT2D eigenvalue weighted by Crippen LogP contribution is -2.38. The number of piperidine rings is 1. The van der Waals surface area contributed by atoms with Crippen molar-refractivity contribution in [2.45, 2.75) is 25.6 Å². The molecule has 2 aromatic rings. The highest BCUT2D eigenvalue weighted by molar-refractivity contribution is 5.79. The molecular formula is C21H22F3N3O2. The highest BCUT2D eigenvalue weighted by Crippen LogP contribution is 2.44. The summed E-state index contributed by atoms with van der Waals surface area (Å²) < 4.78 is 44.6. The number of hydrogen-bond acceptors (Lipinski definition) is 4. The Hall–Kier alpha value is -2.74. The van der Waals surface area contributed by atoms with Crippen LogP contribution in [0.3, 0.4) is 0 Å². The van der Waals surface area contributed by atoms with Gasteiger partial charge >= 0.3 is 6.18 Å².